The fraction of sp³-hybridized carbons (Fsp3) is 0.185. The van der Waals surface area contributed by atoms with Crippen LogP contribution in [0, 0.1) is 0 Å². The van der Waals surface area contributed by atoms with Crippen LogP contribution in [0.2, 0.25) is 0 Å². The van der Waals surface area contributed by atoms with Crippen molar-refractivity contribution in [2.75, 3.05) is 13.7 Å². The van der Waals surface area contributed by atoms with Crippen LogP contribution in [0.25, 0.3) is 17.3 Å². The molecule has 0 saturated heterocycles. The third-order valence-electron chi connectivity index (χ3n) is 5.97. The molecule has 0 radical (unpaired) electrons. The third kappa shape index (κ3) is 4.18. The molecule has 0 fully saturated rings. The summed E-state index contributed by atoms with van der Waals surface area (Å²) >= 11 is 1.28. The average molecular weight is 501 g/mol. The lowest BCUT2D eigenvalue weighted by atomic mass is 9.96. The van der Waals surface area contributed by atoms with Crippen LogP contribution in [0.5, 0.6) is 5.75 Å². The normalized spacial score (nSPS) is 15.4. The fourth-order valence-corrected chi connectivity index (χ4v) is 5.31. The van der Waals surface area contributed by atoms with E-state index in [2.05, 4.69) is 15.2 Å². The topological polar surface area (TPSA) is 98.6 Å². The van der Waals surface area contributed by atoms with Crippen LogP contribution in [0.1, 0.15) is 31.0 Å². The number of H-pyrrole nitrogens is 1. The molecule has 2 aromatic carbocycles. The van der Waals surface area contributed by atoms with Gasteiger partial charge in [0.1, 0.15) is 5.75 Å². The molecule has 3 heterocycles. The minimum atomic E-state index is -0.675. The number of hydrogen-bond donors (Lipinski definition) is 1. The van der Waals surface area contributed by atoms with Crippen molar-refractivity contribution in [3.63, 3.8) is 0 Å². The lowest BCUT2D eigenvalue weighted by Gasteiger charge is -2.24. The maximum Gasteiger partial charge on any atom is 0.338 e. The third-order valence-corrected chi connectivity index (χ3v) is 6.95. The Balaban J connectivity index is 1.69. The number of thiazole rings is 1. The highest BCUT2D eigenvalue weighted by Gasteiger charge is 2.33. The maximum absolute atomic E-state index is 13.8. The second kappa shape index (κ2) is 9.79. The summed E-state index contributed by atoms with van der Waals surface area (Å²) in [4.78, 5) is 31.9. The number of allylic oxidation sites excluding steroid dienone is 1. The molecule has 0 amide bonds. The van der Waals surface area contributed by atoms with E-state index < -0.39 is 12.0 Å². The van der Waals surface area contributed by atoms with Crippen molar-refractivity contribution in [3.05, 3.63) is 103 Å². The van der Waals surface area contributed by atoms with E-state index in [-0.39, 0.29) is 12.2 Å². The summed E-state index contributed by atoms with van der Waals surface area (Å²) in [6.07, 6.45) is 3.50. The van der Waals surface area contributed by atoms with Gasteiger partial charge >= 0.3 is 5.97 Å². The van der Waals surface area contributed by atoms with Gasteiger partial charge in [-0.25, -0.2) is 9.79 Å². The van der Waals surface area contributed by atoms with Crippen LogP contribution in [-0.4, -0.2) is 34.5 Å². The van der Waals surface area contributed by atoms with E-state index in [1.54, 1.807) is 43.9 Å². The van der Waals surface area contributed by atoms with Gasteiger partial charge in [-0.15, -0.1) is 0 Å². The van der Waals surface area contributed by atoms with E-state index >= 15 is 0 Å². The molecule has 1 atom stereocenters. The van der Waals surface area contributed by atoms with Gasteiger partial charge in [-0.2, -0.15) is 5.10 Å². The number of fused-ring (bicyclic) bond motifs is 1. The summed E-state index contributed by atoms with van der Waals surface area (Å²) < 4.78 is 12.7. The summed E-state index contributed by atoms with van der Waals surface area (Å²) in [6.45, 7) is 3.74. The summed E-state index contributed by atoms with van der Waals surface area (Å²) in [7, 11) is 1.59. The Morgan fingerprint density at radius 2 is 1.92 bits per heavy atom. The van der Waals surface area contributed by atoms with Gasteiger partial charge < -0.3 is 9.47 Å². The largest absolute Gasteiger partial charge is 0.497 e. The number of rotatable bonds is 6. The maximum atomic E-state index is 13.8. The Morgan fingerprint density at radius 1 is 1.17 bits per heavy atom. The van der Waals surface area contributed by atoms with Crippen LogP contribution in [0.4, 0.5) is 0 Å². The number of aromatic nitrogens is 3. The van der Waals surface area contributed by atoms with E-state index in [0.717, 1.165) is 22.4 Å². The number of benzene rings is 2. The first-order valence-corrected chi connectivity index (χ1v) is 12.3. The molecule has 8 nitrogen and oxygen atoms in total. The quantitative estimate of drug-likeness (QED) is 0.410. The molecule has 0 bridgehead atoms. The van der Waals surface area contributed by atoms with Gasteiger partial charge in [0.25, 0.3) is 5.56 Å². The summed E-state index contributed by atoms with van der Waals surface area (Å²) in [5.74, 6) is 0.188. The van der Waals surface area contributed by atoms with Gasteiger partial charge in [0.05, 0.1) is 47.5 Å². The van der Waals surface area contributed by atoms with E-state index in [1.165, 1.54) is 11.3 Å². The molecule has 0 saturated carbocycles. The number of aromatic amines is 1. The van der Waals surface area contributed by atoms with Gasteiger partial charge in [0.15, 0.2) is 4.80 Å². The highest BCUT2D eigenvalue weighted by atomic mass is 32.1. The molecule has 5 rings (SSSR count). The molecular weight excluding hydrogens is 476 g/mol. The Kier molecular flexibility index (Phi) is 6.39. The number of esters is 1. The van der Waals surface area contributed by atoms with Gasteiger partial charge in [-0.1, -0.05) is 53.8 Å². The highest BCUT2D eigenvalue weighted by Crippen LogP contribution is 2.31. The Bertz CT molecular complexity index is 1630. The fourth-order valence-electron chi connectivity index (χ4n) is 4.28. The Labute approximate surface area is 210 Å². The number of methoxy groups -OCH3 is 1. The van der Waals surface area contributed by atoms with Gasteiger partial charge in [-0.3, -0.25) is 14.5 Å². The van der Waals surface area contributed by atoms with Gasteiger partial charge in [0, 0.05) is 11.1 Å². The monoisotopic (exact) mass is 500 g/mol. The average Bonchev–Trinajstić information content (AvgIpc) is 3.48. The highest BCUT2D eigenvalue weighted by molar-refractivity contribution is 7.07. The first-order valence-electron chi connectivity index (χ1n) is 11.4. The van der Waals surface area contributed by atoms with Crippen molar-refractivity contribution in [3.8, 4) is 17.0 Å². The zero-order valence-electron chi connectivity index (χ0n) is 20.0. The molecule has 1 unspecified atom stereocenters. The summed E-state index contributed by atoms with van der Waals surface area (Å²) in [6, 6.07) is 16.4. The van der Waals surface area contributed by atoms with Crippen molar-refractivity contribution in [2.24, 2.45) is 4.99 Å². The first-order chi connectivity index (χ1) is 17.5. The van der Waals surface area contributed by atoms with E-state index in [1.807, 2.05) is 48.5 Å². The Morgan fingerprint density at radius 3 is 2.61 bits per heavy atom. The van der Waals surface area contributed by atoms with Crippen LogP contribution < -0.4 is 19.6 Å². The molecule has 4 aromatic rings. The van der Waals surface area contributed by atoms with Crippen molar-refractivity contribution < 1.29 is 14.3 Å². The minimum absolute atomic E-state index is 0.220. The molecule has 2 aromatic heterocycles. The molecule has 1 aliphatic heterocycles. The molecule has 1 aliphatic rings. The van der Waals surface area contributed by atoms with Crippen molar-refractivity contribution in [1.29, 1.82) is 0 Å². The zero-order valence-corrected chi connectivity index (χ0v) is 20.8. The SMILES string of the molecule is CCOC(=O)C1=C(C)N=c2sc(=Cc3cn[nH]c3-c3ccccc3)c(=O)n2C1c1ccc(OC)cc1. The molecule has 0 spiro atoms. The van der Waals surface area contributed by atoms with Crippen LogP contribution in [-0.2, 0) is 9.53 Å². The van der Waals surface area contributed by atoms with Crippen LogP contribution >= 0.6 is 11.3 Å². The van der Waals surface area contributed by atoms with Crippen molar-refractivity contribution >= 4 is 23.4 Å². The predicted octanol–water partition coefficient (Wildman–Crippen LogP) is 3.20. The lowest BCUT2D eigenvalue weighted by Crippen LogP contribution is -2.39. The first kappa shape index (κ1) is 23.5. The van der Waals surface area contributed by atoms with E-state index in [0.29, 0.717) is 26.4 Å². The number of carbonyl (C=O) groups excluding carboxylic acids is 1. The number of nitrogens with one attached hydrogen (secondary N) is 1. The van der Waals surface area contributed by atoms with Crippen LogP contribution in [0.3, 0.4) is 0 Å². The second-order valence-electron chi connectivity index (χ2n) is 8.14. The number of carbonyl (C=O) groups is 1. The second-order valence-corrected chi connectivity index (χ2v) is 9.15. The van der Waals surface area contributed by atoms with Gasteiger partial charge in [0.2, 0.25) is 0 Å². The molecular formula is C27H24N4O4S. The molecule has 36 heavy (non-hydrogen) atoms. The van der Waals surface area contributed by atoms with Crippen LogP contribution in [0.15, 0.2) is 81.9 Å². The van der Waals surface area contributed by atoms with E-state index in [4.69, 9.17) is 9.47 Å². The lowest BCUT2D eigenvalue weighted by molar-refractivity contribution is -0.139. The Hall–Kier alpha value is -4.24. The molecule has 0 aliphatic carbocycles. The minimum Gasteiger partial charge on any atom is -0.497 e. The van der Waals surface area contributed by atoms with Crippen molar-refractivity contribution in [1.82, 2.24) is 14.8 Å². The molecule has 182 valence electrons. The molecule has 1 N–H and O–H groups in total. The smallest absolute Gasteiger partial charge is 0.338 e. The number of nitrogens with zero attached hydrogens (tertiary/aromatic N) is 3. The predicted molar refractivity (Wildman–Crippen MR) is 137 cm³/mol. The van der Waals surface area contributed by atoms with Gasteiger partial charge in [-0.05, 0) is 37.6 Å². The summed E-state index contributed by atoms with van der Waals surface area (Å²) in [5.41, 5.74) is 3.95. The van der Waals surface area contributed by atoms with E-state index in [9.17, 15) is 9.59 Å². The van der Waals surface area contributed by atoms with Crippen molar-refractivity contribution in [2.45, 2.75) is 19.9 Å². The summed E-state index contributed by atoms with van der Waals surface area (Å²) in [5, 5.41) is 7.21. The zero-order chi connectivity index (χ0) is 25.2. The number of ether oxygens (including phenoxy) is 2. The molecule has 9 heteroatoms. The number of hydrogen-bond acceptors (Lipinski definition) is 7. The standard InChI is InChI=1S/C27H24N4O4S/c1-4-35-26(33)22-16(2)29-27-31(24(22)18-10-12-20(34-3)13-11-18)25(32)21(36-27)14-19-15-28-30-23(19)17-8-6-5-7-9-17/h5-15,24H,4H2,1-3H3,(H,28,30).